The third-order valence-corrected chi connectivity index (χ3v) is 6.02. The Morgan fingerprint density at radius 2 is 2.00 bits per heavy atom. The molecule has 0 amide bonds. The van der Waals surface area contributed by atoms with E-state index in [-0.39, 0.29) is 5.54 Å². The number of nitrogens with one attached hydrogen (secondary N) is 1. The first kappa shape index (κ1) is 16.4. The number of aromatic amines is 1. The number of rotatable bonds is 2. The van der Waals surface area contributed by atoms with E-state index in [1.54, 1.807) is 0 Å². The number of fused-ring (bicyclic) bond motifs is 2. The Labute approximate surface area is 157 Å². The first-order chi connectivity index (χ1) is 13.2. The maximum atomic E-state index is 5.22. The monoisotopic (exact) mass is 365 g/mol. The highest BCUT2D eigenvalue weighted by Crippen LogP contribution is 2.41. The van der Waals surface area contributed by atoms with Gasteiger partial charge in [0.05, 0.1) is 23.1 Å². The van der Waals surface area contributed by atoms with E-state index in [9.17, 15) is 0 Å². The molecule has 2 aliphatic heterocycles. The smallest absolute Gasteiger partial charge is 0.259 e. The van der Waals surface area contributed by atoms with Gasteiger partial charge in [-0.25, -0.2) is 9.97 Å². The number of imidazole rings is 1. The molecule has 3 aromatic heterocycles. The highest BCUT2D eigenvalue weighted by atomic mass is 16.5. The molecule has 1 fully saturated rings. The Balaban J connectivity index is 1.34. The van der Waals surface area contributed by atoms with Crippen molar-refractivity contribution in [2.24, 2.45) is 0 Å². The molecule has 27 heavy (non-hydrogen) atoms. The fraction of sp³-hybridized carbons (Fsp3) is 0.474. The summed E-state index contributed by atoms with van der Waals surface area (Å²) < 4.78 is 5.22. The molecule has 0 radical (unpaired) electrons. The Morgan fingerprint density at radius 1 is 1.15 bits per heavy atom. The molecular weight excluding hydrogens is 342 g/mol. The van der Waals surface area contributed by atoms with Crippen molar-refractivity contribution in [3.63, 3.8) is 0 Å². The van der Waals surface area contributed by atoms with Gasteiger partial charge < -0.3 is 14.4 Å². The van der Waals surface area contributed by atoms with Crippen LogP contribution in [0, 0.1) is 6.92 Å². The van der Waals surface area contributed by atoms with Crippen LogP contribution < -0.4 is 4.90 Å². The van der Waals surface area contributed by atoms with Gasteiger partial charge in [0.15, 0.2) is 5.82 Å². The Kier molecular flexibility index (Phi) is 3.75. The molecule has 5 heterocycles. The zero-order chi connectivity index (χ0) is 18.4. The Hall–Kier alpha value is -2.74. The minimum atomic E-state index is 0.0469. The third kappa shape index (κ3) is 2.63. The molecule has 1 saturated heterocycles. The van der Waals surface area contributed by atoms with Gasteiger partial charge in [0, 0.05) is 37.9 Å². The van der Waals surface area contributed by atoms with Crippen LogP contribution in [0.5, 0.6) is 0 Å². The molecule has 0 unspecified atom stereocenters. The lowest BCUT2D eigenvalue weighted by Crippen LogP contribution is -2.55. The van der Waals surface area contributed by atoms with Crippen LogP contribution >= 0.6 is 0 Å². The Bertz CT molecular complexity index is 937. The van der Waals surface area contributed by atoms with Crippen LogP contribution in [0.3, 0.4) is 0 Å². The number of pyridine rings is 1. The summed E-state index contributed by atoms with van der Waals surface area (Å²) in [5, 5.41) is 3.84. The van der Waals surface area contributed by atoms with Gasteiger partial charge in [0.25, 0.3) is 5.89 Å². The molecule has 0 atom stereocenters. The maximum Gasteiger partial charge on any atom is 0.259 e. The van der Waals surface area contributed by atoms with Gasteiger partial charge in [-0.2, -0.15) is 4.98 Å². The van der Waals surface area contributed by atoms with E-state index >= 15 is 0 Å². The quantitative estimate of drug-likeness (QED) is 0.744. The molecule has 1 N–H and O–H groups in total. The summed E-state index contributed by atoms with van der Waals surface area (Å²) in [6.45, 7) is 4.81. The van der Waals surface area contributed by atoms with Crippen molar-refractivity contribution in [1.82, 2.24) is 30.0 Å². The molecule has 1 spiro atoms. The van der Waals surface area contributed by atoms with E-state index in [1.165, 1.54) is 11.4 Å². The summed E-state index contributed by atoms with van der Waals surface area (Å²) in [5.41, 5.74) is 3.44. The summed E-state index contributed by atoms with van der Waals surface area (Å²) in [6, 6.07) is 4.04. The number of aryl methyl sites for hydroxylation is 1. The average Bonchev–Trinajstić information content (AvgIpc) is 3.35. The lowest BCUT2D eigenvalue weighted by molar-refractivity contribution is 0.0712. The van der Waals surface area contributed by atoms with Crippen molar-refractivity contribution < 1.29 is 4.52 Å². The maximum absolute atomic E-state index is 5.22. The average molecular weight is 365 g/mol. The molecule has 0 aliphatic carbocycles. The second-order valence-corrected chi connectivity index (χ2v) is 7.47. The summed E-state index contributed by atoms with van der Waals surface area (Å²) in [6.07, 6.45) is 6.80. The van der Waals surface area contributed by atoms with Crippen LogP contribution in [-0.2, 0) is 12.0 Å². The van der Waals surface area contributed by atoms with Crippen molar-refractivity contribution in [2.75, 3.05) is 31.6 Å². The molecule has 8 heteroatoms. The fourth-order valence-corrected chi connectivity index (χ4v) is 4.43. The highest BCUT2D eigenvalue weighted by Gasteiger charge is 2.45. The largest absolute Gasteiger partial charge is 0.356 e. The Morgan fingerprint density at radius 3 is 2.70 bits per heavy atom. The standard InChI is InChI=1S/C19H23N7O/c1-13-23-18(27-24-13)14-3-4-16(20-11-14)26-9-6-19(7-10-26)17-15(21-12-22-17)5-8-25(19)2/h3-4,11-12H,5-10H2,1-2H3,(H,21,22). The van der Waals surface area contributed by atoms with Gasteiger partial charge in [0.1, 0.15) is 5.82 Å². The molecule has 0 aromatic carbocycles. The van der Waals surface area contributed by atoms with E-state index in [0.717, 1.165) is 50.3 Å². The molecule has 2 aliphatic rings. The summed E-state index contributed by atoms with van der Waals surface area (Å²) in [4.78, 5) is 21.7. The SMILES string of the molecule is Cc1noc(-c2ccc(N3CCC4(CC3)c3nc[nH]c3CCN4C)nc2)n1. The van der Waals surface area contributed by atoms with Gasteiger partial charge in [-0.15, -0.1) is 0 Å². The number of nitrogens with zero attached hydrogens (tertiary/aromatic N) is 6. The zero-order valence-corrected chi connectivity index (χ0v) is 15.6. The van der Waals surface area contributed by atoms with Gasteiger partial charge >= 0.3 is 0 Å². The highest BCUT2D eigenvalue weighted by molar-refractivity contribution is 5.55. The lowest BCUT2D eigenvalue weighted by Gasteiger charge is -2.49. The normalized spacial score (nSPS) is 19.4. The van der Waals surface area contributed by atoms with E-state index in [2.05, 4.69) is 41.9 Å². The summed E-state index contributed by atoms with van der Waals surface area (Å²) in [7, 11) is 2.23. The predicted octanol–water partition coefficient (Wildman–Crippen LogP) is 2.15. The van der Waals surface area contributed by atoms with Crippen LogP contribution in [0.4, 0.5) is 5.82 Å². The van der Waals surface area contributed by atoms with Crippen molar-refractivity contribution >= 4 is 5.82 Å². The van der Waals surface area contributed by atoms with Crippen LogP contribution in [0.25, 0.3) is 11.5 Å². The molecule has 3 aromatic rings. The number of likely N-dealkylation sites (N-methyl/N-ethyl adjacent to an activating group) is 1. The number of aromatic nitrogens is 5. The van der Waals surface area contributed by atoms with Gasteiger partial charge in [-0.3, -0.25) is 4.90 Å². The second-order valence-electron chi connectivity index (χ2n) is 7.47. The van der Waals surface area contributed by atoms with Crippen molar-refractivity contribution in [3.05, 3.63) is 41.9 Å². The van der Waals surface area contributed by atoms with E-state index in [1.807, 2.05) is 31.6 Å². The van der Waals surface area contributed by atoms with Gasteiger partial charge in [-0.1, -0.05) is 5.16 Å². The first-order valence-corrected chi connectivity index (χ1v) is 9.41. The van der Waals surface area contributed by atoms with Crippen LogP contribution in [0.15, 0.2) is 29.2 Å². The summed E-state index contributed by atoms with van der Waals surface area (Å²) in [5.74, 6) is 2.13. The van der Waals surface area contributed by atoms with Crippen LogP contribution in [0.2, 0.25) is 0 Å². The van der Waals surface area contributed by atoms with Crippen LogP contribution in [-0.4, -0.2) is 56.7 Å². The zero-order valence-electron chi connectivity index (χ0n) is 15.6. The van der Waals surface area contributed by atoms with Crippen molar-refractivity contribution in [1.29, 1.82) is 0 Å². The minimum Gasteiger partial charge on any atom is -0.356 e. The number of piperidine rings is 1. The van der Waals surface area contributed by atoms with E-state index in [4.69, 9.17) is 4.52 Å². The van der Waals surface area contributed by atoms with Gasteiger partial charge in [-0.05, 0) is 38.9 Å². The third-order valence-electron chi connectivity index (χ3n) is 6.02. The topological polar surface area (TPSA) is 87.0 Å². The van der Waals surface area contributed by atoms with Crippen molar-refractivity contribution in [2.45, 2.75) is 31.7 Å². The molecule has 140 valence electrons. The summed E-state index contributed by atoms with van der Waals surface area (Å²) >= 11 is 0. The minimum absolute atomic E-state index is 0.0469. The van der Waals surface area contributed by atoms with E-state index < -0.39 is 0 Å². The molecular formula is C19H23N7O. The molecule has 5 rings (SSSR count). The van der Waals surface area contributed by atoms with Crippen molar-refractivity contribution in [3.8, 4) is 11.5 Å². The number of H-pyrrole nitrogens is 1. The second kappa shape index (κ2) is 6.16. The predicted molar refractivity (Wildman–Crippen MR) is 100 cm³/mol. The lowest BCUT2D eigenvalue weighted by atomic mass is 9.79. The number of hydrogen-bond acceptors (Lipinski definition) is 7. The molecule has 0 bridgehead atoms. The number of anilines is 1. The molecule has 0 saturated carbocycles. The first-order valence-electron chi connectivity index (χ1n) is 9.41. The number of hydrogen-bond donors (Lipinski definition) is 1. The van der Waals surface area contributed by atoms with Gasteiger partial charge in [0.2, 0.25) is 0 Å². The van der Waals surface area contributed by atoms with Crippen LogP contribution in [0.1, 0.15) is 30.1 Å². The fourth-order valence-electron chi connectivity index (χ4n) is 4.43. The van der Waals surface area contributed by atoms with E-state index in [0.29, 0.717) is 11.7 Å². The molecule has 8 nitrogen and oxygen atoms in total.